The zero-order valence-corrected chi connectivity index (χ0v) is 20.5. The van der Waals surface area contributed by atoms with E-state index in [1.165, 1.54) is 42.0 Å². The van der Waals surface area contributed by atoms with Gasteiger partial charge in [-0.15, -0.1) is 24.0 Å². The highest BCUT2D eigenvalue weighted by Crippen LogP contribution is 2.27. The monoisotopic (exact) mass is 564 g/mol. The molecular weight excluding hydrogens is 537 g/mol. The van der Waals surface area contributed by atoms with Gasteiger partial charge in [0, 0.05) is 19.6 Å². The number of halogens is 3. The van der Waals surface area contributed by atoms with Gasteiger partial charge in [0.25, 0.3) is 0 Å². The zero-order chi connectivity index (χ0) is 22.3. The summed E-state index contributed by atoms with van der Waals surface area (Å²) < 4.78 is 33.2. The first-order chi connectivity index (χ1) is 15.6. The van der Waals surface area contributed by atoms with E-state index in [0.29, 0.717) is 23.6 Å². The summed E-state index contributed by atoms with van der Waals surface area (Å²) in [5.74, 6) is -0.567. The molecule has 4 rings (SSSR count). The molecule has 33 heavy (non-hydrogen) atoms. The molecule has 174 valence electrons. The summed E-state index contributed by atoms with van der Waals surface area (Å²) >= 11 is 0. The lowest BCUT2D eigenvalue weighted by atomic mass is 10.0. The van der Waals surface area contributed by atoms with Crippen LogP contribution in [0.2, 0.25) is 0 Å². The van der Waals surface area contributed by atoms with E-state index >= 15 is 0 Å². The van der Waals surface area contributed by atoms with E-state index < -0.39 is 23.8 Å². The third kappa shape index (κ3) is 7.23. The van der Waals surface area contributed by atoms with Gasteiger partial charge in [0.1, 0.15) is 11.6 Å². The SMILES string of the molecule is I.O=C(NCC1CCN(Cc2ccccc2)C1)OC(c1cccc(F)c1)c1cccc(F)c1. The molecule has 0 radical (unpaired) electrons. The van der Waals surface area contributed by atoms with Crippen LogP contribution < -0.4 is 5.32 Å². The first-order valence-electron chi connectivity index (χ1n) is 10.8. The first kappa shape index (κ1) is 25.1. The molecule has 1 amide bonds. The van der Waals surface area contributed by atoms with Gasteiger partial charge in [-0.1, -0.05) is 54.6 Å². The summed E-state index contributed by atoms with van der Waals surface area (Å²) in [5, 5.41) is 2.83. The second-order valence-electron chi connectivity index (χ2n) is 8.15. The summed E-state index contributed by atoms with van der Waals surface area (Å²) in [6.07, 6.45) is -0.519. The van der Waals surface area contributed by atoms with Crippen molar-refractivity contribution in [2.75, 3.05) is 19.6 Å². The van der Waals surface area contributed by atoms with Crippen molar-refractivity contribution in [3.8, 4) is 0 Å². The van der Waals surface area contributed by atoms with Crippen LogP contribution in [-0.4, -0.2) is 30.6 Å². The molecule has 7 heteroatoms. The maximum Gasteiger partial charge on any atom is 0.408 e. The van der Waals surface area contributed by atoms with E-state index in [9.17, 15) is 13.6 Å². The fourth-order valence-electron chi connectivity index (χ4n) is 4.11. The molecule has 1 unspecified atom stereocenters. The highest BCUT2D eigenvalue weighted by atomic mass is 127. The minimum Gasteiger partial charge on any atom is -0.436 e. The van der Waals surface area contributed by atoms with E-state index in [1.807, 2.05) is 18.2 Å². The van der Waals surface area contributed by atoms with Gasteiger partial charge in [-0.3, -0.25) is 4.90 Å². The Balaban J connectivity index is 0.00000306. The molecule has 1 atom stereocenters. The van der Waals surface area contributed by atoms with Crippen LogP contribution in [0.3, 0.4) is 0 Å². The third-order valence-corrected chi connectivity index (χ3v) is 5.68. The Hall–Kier alpha value is -2.52. The molecule has 1 aliphatic rings. The van der Waals surface area contributed by atoms with Crippen LogP contribution in [0.4, 0.5) is 13.6 Å². The lowest BCUT2D eigenvalue weighted by Gasteiger charge is -2.20. The minimum atomic E-state index is -0.903. The van der Waals surface area contributed by atoms with Crippen molar-refractivity contribution in [2.24, 2.45) is 5.92 Å². The highest BCUT2D eigenvalue weighted by molar-refractivity contribution is 14.0. The molecule has 0 aromatic heterocycles. The predicted octanol–water partition coefficient (Wildman–Crippen LogP) is 5.92. The van der Waals surface area contributed by atoms with Gasteiger partial charge in [-0.25, -0.2) is 13.6 Å². The van der Waals surface area contributed by atoms with E-state index in [2.05, 4.69) is 22.3 Å². The van der Waals surface area contributed by atoms with Crippen LogP contribution >= 0.6 is 24.0 Å². The van der Waals surface area contributed by atoms with Gasteiger partial charge in [0.2, 0.25) is 0 Å². The Morgan fingerprint density at radius 3 is 2.21 bits per heavy atom. The van der Waals surface area contributed by atoms with E-state index in [1.54, 1.807) is 12.1 Å². The van der Waals surface area contributed by atoms with Crippen molar-refractivity contribution in [3.05, 3.63) is 107 Å². The molecule has 0 aliphatic carbocycles. The maximum absolute atomic E-state index is 13.8. The predicted molar refractivity (Wildman–Crippen MR) is 134 cm³/mol. The van der Waals surface area contributed by atoms with E-state index in [-0.39, 0.29) is 24.0 Å². The average Bonchev–Trinajstić information content (AvgIpc) is 3.24. The molecule has 1 heterocycles. The number of carbonyl (C=O) groups is 1. The van der Waals surface area contributed by atoms with Gasteiger partial charge in [-0.2, -0.15) is 0 Å². The zero-order valence-electron chi connectivity index (χ0n) is 18.1. The highest BCUT2D eigenvalue weighted by Gasteiger charge is 2.25. The third-order valence-electron chi connectivity index (χ3n) is 5.68. The van der Waals surface area contributed by atoms with E-state index in [0.717, 1.165) is 26.1 Å². The fraction of sp³-hybridized carbons (Fsp3) is 0.269. The van der Waals surface area contributed by atoms with Crippen molar-refractivity contribution >= 4 is 30.1 Å². The lowest BCUT2D eigenvalue weighted by Crippen LogP contribution is -2.32. The van der Waals surface area contributed by atoms with Crippen LogP contribution in [0.1, 0.15) is 29.2 Å². The number of alkyl carbamates (subject to hydrolysis) is 1. The Morgan fingerprint density at radius 2 is 1.61 bits per heavy atom. The number of ether oxygens (including phenoxy) is 1. The van der Waals surface area contributed by atoms with Gasteiger partial charge in [0.05, 0.1) is 0 Å². The topological polar surface area (TPSA) is 41.6 Å². The lowest BCUT2D eigenvalue weighted by molar-refractivity contribution is 0.115. The molecule has 0 spiro atoms. The van der Waals surface area contributed by atoms with Gasteiger partial charge < -0.3 is 10.1 Å². The number of carbonyl (C=O) groups excluding carboxylic acids is 1. The maximum atomic E-state index is 13.8. The second kappa shape index (κ2) is 12.1. The molecule has 1 saturated heterocycles. The van der Waals surface area contributed by atoms with Crippen molar-refractivity contribution in [3.63, 3.8) is 0 Å². The van der Waals surface area contributed by atoms with Gasteiger partial charge >= 0.3 is 6.09 Å². The van der Waals surface area contributed by atoms with Crippen molar-refractivity contribution in [2.45, 2.75) is 19.1 Å². The number of nitrogens with one attached hydrogen (secondary N) is 1. The van der Waals surface area contributed by atoms with Crippen LogP contribution in [0, 0.1) is 17.6 Å². The molecule has 0 saturated carbocycles. The molecule has 4 nitrogen and oxygen atoms in total. The molecule has 0 bridgehead atoms. The molecule has 1 aliphatic heterocycles. The van der Waals surface area contributed by atoms with Crippen LogP contribution in [0.15, 0.2) is 78.9 Å². The molecule has 1 fully saturated rings. The largest absolute Gasteiger partial charge is 0.436 e. The minimum absolute atomic E-state index is 0. The Bertz CT molecular complexity index is 1010. The molecule has 1 N–H and O–H groups in total. The van der Waals surface area contributed by atoms with Crippen molar-refractivity contribution < 1.29 is 18.3 Å². The van der Waals surface area contributed by atoms with Crippen LogP contribution in [0.5, 0.6) is 0 Å². The van der Waals surface area contributed by atoms with Crippen molar-refractivity contribution in [1.29, 1.82) is 0 Å². The number of hydrogen-bond acceptors (Lipinski definition) is 3. The average molecular weight is 564 g/mol. The second-order valence-corrected chi connectivity index (χ2v) is 8.15. The van der Waals surface area contributed by atoms with Gasteiger partial charge in [0.15, 0.2) is 6.10 Å². The Kier molecular flexibility index (Phi) is 9.20. The Labute approximate surface area is 210 Å². The number of nitrogens with zero attached hydrogens (tertiary/aromatic N) is 1. The number of likely N-dealkylation sites (tertiary alicyclic amines) is 1. The number of benzene rings is 3. The van der Waals surface area contributed by atoms with E-state index in [4.69, 9.17) is 4.74 Å². The quantitative estimate of drug-likeness (QED) is 0.363. The summed E-state index contributed by atoms with van der Waals surface area (Å²) in [7, 11) is 0. The summed E-state index contributed by atoms with van der Waals surface area (Å²) in [6, 6.07) is 21.9. The normalized spacial score (nSPS) is 15.8. The number of hydrogen-bond donors (Lipinski definition) is 1. The fourth-order valence-corrected chi connectivity index (χ4v) is 4.11. The number of rotatable bonds is 7. The number of amides is 1. The smallest absolute Gasteiger partial charge is 0.408 e. The Morgan fingerprint density at radius 1 is 0.970 bits per heavy atom. The molecule has 3 aromatic carbocycles. The molecule has 3 aromatic rings. The van der Waals surface area contributed by atoms with Crippen molar-refractivity contribution in [1.82, 2.24) is 10.2 Å². The van der Waals surface area contributed by atoms with Gasteiger partial charge in [-0.05, 0) is 59.8 Å². The van der Waals surface area contributed by atoms with Crippen LogP contribution in [-0.2, 0) is 11.3 Å². The molecular formula is C26H27F2IN2O2. The first-order valence-corrected chi connectivity index (χ1v) is 10.8. The standard InChI is InChI=1S/C26H26F2N2O2.HI/c27-23-10-4-8-21(14-23)25(22-9-5-11-24(28)15-22)32-26(31)29-16-20-12-13-30(18-20)17-19-6-2-1-3-7-19;/h1-11,14-15,20,25H,12-13,16-18H2,(H,29,31);1H. The summed E-state index contributed by atoms with van der Waals surface area (Å²) in [4.78, 5) is 14.9. The summed E-state index contributed by atoms with van der Waals surface area (Å²) in [6.45, 7) is 3.25. The van der Waals surface area contributed by atoms with Crippen LogP contribution in [0.25, 0.3) is 0 Å². The summed E-state index contributed by atoms with van der Waals surface area (Å²) in [5.41, 5.74) is 2.16.